The van der Waals surface area contributed by atoms with Crippen molar-refractivity contribution < 1.29 is 14.7 Å². The molecule has 1 aromatic heterocycles. The van der Waals surface area contributed by atoms with E-state index in [1.165, 1.54) is 5.56 Å². The van der Waals surface area contributed by atoms with E-state index < -0.39 is 5.41 Å². The molecule has 1 atom stereocenters. The van der Waals surface area contributed by atoms with Gasteiger partial charge in [0.2, 0.25) is 5.91 Å². The fourth-order valence-corrected chi connectivity index (χ4v) is 4.64. The summed E-state index contributed by atoms with van der Waals surface area (Å²) in [7, 11) is 0. The number of likely N-dealkylation sites (tertiary alicyclic amines) is 2. The van der Waals surface area contributed by atoms with Crippen LogP contribution in [0.4, 0.5) is 0 Å². The van der Waals surface area contributed by atoms with Crippen molar-refractivity contribution >= 4 is 11.8 Å². The topological polar surface area (TPSA) is 73.7 Å². The van der Waals surface area contributed by atoms with Gasteiger partial charge < -0.3 is 14.9 Å². The molecular formula is C19H25N3O3. The summed E-state index contributed by atoms with van der Waals surface area (Å²) < 4.78 is 0. The third kappa shape index (κ3) is 2.82. The van der Waals surface area contributed by atoms with Crippen molar-refractivity contribution in [3.63, 3.8) is 0 Å². The zero-order chi connectivity index (χ0) is 17.4. The Bertz CT molecular complexity index is 703. The number of β-amino-alcohol motifs (C(OH)–C–C–N with tert-alkyl or cyclic N) is 1. The smallest absolute Gasteiger partial charge is 0.255 e. The van der Waals surface area contributed by atoms with Gasteiger partial charge in [-0.2, -0.15) is 0 Å². The minimum Gasteiger partial charge on any atom is -0.395 e. The molecule has 1 aromatic rings. The Morgan fingerprint density at radius 3 is 2.96 bits per heavy atom. The maximum Gasteiger partial charge on any atom is 0.255 e. The normalized spacial score (nSPS) is 25.7. The van der Waals surface area contributed by atoms with Crippen LogP contribution in [0.25, 0.3) is 0 Å². The van der Waals surface area contributed by atoms with Gasteiger partial charge in [-0.05, 0) is 50.2 Å². The zero-order valence-electron chi connectivity index (χ0n) is 14.5. The van der Waals surface area contributed by atoms with Crippen molar-refractivity contribution in [3.8, 4) is 0 Å². The second kappa shape index (κ2) is 6.41. The summed E-state index contributed by atoms with van der Waals surface area (Å²) in [5.41, 5.74) is 2.51. The molecule has 0 bridgehead atoms. The second-order valence-corrected chi connectivity index (χ2v) is 7.56. The van der Waals surface area contributed by atoms with E-state index in [9.17, 15) is 9.59 Å². The van der Waals surface area contributed by atoms with E-state index in [2.05, 4.69) is 4.98 Å². The number of nitrogens with zero attached hydrogens (tertiary/aromatic N) is 3. The van der Waals surface area contributed by atoms with Gasteiger partial charge >= 0.3 is 0 Å². The lowest BCUT2D eigenvalue weighted by Gasteiger charge is -2.39. The number of aromatic nitrogens is 1. The Labute approximate surface area is 147 Å². The first-order valence-electron chi connectivity index (χ1n) is 9.30. The maximum atomic E-state index is 12.9. The van der Waals surface area contributed by atoms with Crippen LogP contribution in [0, 0.1) is 5.41 Å². The van der Waals surface area contributed by atoms with Crippen LogP contribution in [0.3, 0.4) is 0 Å². The molecule has 1 spiro atoms. The maximum absolute atomic E-state index is 12.9. The van der Waals surface area contributed by atoms with Crippen LogP contribution in [-0.2, 0) is 17.6 Å². The summed E-state index contributed by atoms with van der Waals surface area (Å²) in [5.74, 6) is 0.0985. The van der Waals surface area contributed by atoms with Crippen LogP contribution in [-0.4, -0.2) is 64.5 Å². The zero-order valence-corrected chi connectivity index (χ0v) is 14.5. The van der Waals surface area contributed by atoms with Crippen molar-refractivity contribution in [3.05, 3.63) is 29.1 Å². The average Bonchev–Trinajstić information content (AvgIpc) is 3.26. The van der Waals surface area contributed by atoms with E-state index in [1.54, 1.807) is 11.1 Å². The SMILES string of the molecule is O=C(c1cnc2c(c1)CCC2)N1CC[C@]2(CCCN(CCO)C2=O)C1. The first kappa shape index (κ1) is 16.5. The number of aliphatic hydroxyl groups excluding tert-OH is 1. The number of hydrogen-bond acceptors (Lipinski definition) is 4. The molecule has 4 rings (SSSR count). The third-order valence-corrected chi connectivity index (χ3v) is 6.00. The van der Waals surface area contributed by atoms with E-state index in [0.29, 0.717) is 31.7 Å². The highest BCUT2D eigenvalue weighted by molar-refractivity contribution is 5.95. The standard InChI is InChI=1S/C19H25N3O3/c23-10-9-21-7-2-5-19(18(21)25)6-8-22(13-19)17(24)15-11-14-3-1-4-16(14)20-12-15/h11-12,23H,1-10,13H2/t19-/m1/s1. The van der Waals surface area contributed by atoms with E-state index in [0.717, 1.165) is 44.2 Å². The van der Waals surface area contributed by atoms with E-state index in [4.69, 9.17) is 5.11 Å². The highest BCUT2D eigenvalue weighted by atomic mass is 16.3. The molecule has 134 valence electrons. The summed E-state index contributed by atoms with van der Waals surface area (Å²) >= 11 is 0. The van der Waals surface area contributed by atoms with Gasteiger partial charge in [0, 0.05) is 38.1 Å². The first-order valence-corrected chi connectivity index (χ1v) is 9.30. The summed E-state index contributed by atoms with van der Waals surface area (Å²) in [5, 5.41) is 9.17. The van der Waals surface area contributed by atoms with E-state index >= 15 is 0 Å². The van der Waals surface area contributed by atoms with Crippen LogP contribution in [0.2, 0.25) is 0 Å². The molecule has 2 amide bonds. The molecule has 0 aromatic carbocycles. The van der Waals surface area contributed by atoms with Gasteiger partial charge in [-0.1, -0.05) is 0 Å². The number of pyridine rings is 1. The molecule has 1 N–H and O–H groups in total. The van der Waals surface area contributed by atoms with E-state index in [1.807, 2.05) is 11.0 Å². The molecule has 0 unspecified atom stereocenters. The van der Waals surface area contributed by atoms with Gasteiger partial charge in [0.1, 0.15) is 0 Å². The molecule has 2 saturated heterocycles. The predicted molar refractivity (Wildman–Crippen MR) is 92.1 cm³/mol. The van der Waals surface area contributed by atoms with Crippen LogP contribution in [0.5, 0.6) is 0 Å². The number of carbonyl (C=O) groups excluding carboxylic acids is 2. The number of piperidine rings is 1. The molecule has 3 heterocycles. The molecule has 6 nitrogen and oxygen atoms in total. The number of amides is 2. The summed E-state index contributed by atoms with van der Waals surface area (Å²) in [6.45, 7) is 2.21. The molecule has 6 heteroatoms. The molecule has 2 fully saturated rings. The van der Waals surface area contributed by atoms with Gasteiger partial charge in [-0.3, -0.25) is 14.6 Å². The van der Waals surface area contributed by atoms with Gasteiger partial charge in [0.05, 0.1) is 17.6 Å². The molecule has 0 saturated carbocycles. The van der Waals surface area contributed by atoms with E-state index in [-0.39, 0.29) is 18.4 Å². The van der Waals surface area contributed by atoms with Crippen molar-refractivity contribution in [1.82, 2.24) is 14.8 Å². The van der Waals surface area contributed by atoms with Gasteiger partial charge in [-0.15, -0.1) is 0 Å². The van der Waals surface area contributed by atoms with Crippen LogP contribution in [0.15, 0.2) is 12.3 Å². The van der Waals surface area contributed by atoms with Crippen LogP contribution < -0.4 is 0 Å². The lowest BCUT2D eigenvalue weighted by atomic mass is 9.78. The Balaban J connectivity index is 1.50. The van der Waals surface area contributed by atoms with Crippen molar-refractivity contribution in [1.29, 1.82) is 0 Å². The van der Waals surface area contributed by atoms with Gasteiger partial charge in [0.15, 0.2) is 0 Å². The predicted octanol–water partition coefficient (Wildman–Crippen LogP) is 1.02. The van der Waals surface area contributed by atoms with Crippen LogP contribution >= 0.6 is 0 Å². The second-order valence-electron chi connectivity index (χ2n) is 7.56. The fraction of sp³-hybridized carbons (Fsp3) is 0.632. The number of carbonyl (C=O) groups is 2. The minimum absolute atomic E-state index is 0.00819. The quantitative estimate of drug-likeness (QED) is 0.889. The van der Waals surface area contributed by atoms with Crippen LogP contribution in [0.1, 0.15) is 47.3 Å². The Morgan fingerprint density at radius 2 is 2.12 bits per heavy atom. The number of rotatable bonds is 3. The molecule has 0 radical (unpaired) electrons. The van der Waals surface area contributed by atoms with Gasteiger partial charge in [-0.25, -0.2) is 0 Å². The lowest BCUT2D eigenvalue weighted by molar-refractivity contribution is -0.146. The molecule has 1 aliphatic carbocycles. The highest BCUT2D eigenvalue weighted by Crippen LogP contribution is 2.40. The molecular weight excluding hydrogens is 318 g/mol. The minimum atomic E-state index is -0.451. The number of aliphatic hydroxyl groups is 1. The van der Waals surface area contributed by atoms with Crippen molar-refractivity contribution in [2.24, 2.45) is 5.41 Å². The fourth-order valence-electron chi connectivity index (χ4n) is 4.64. The average molecular weight is 343 g/mol. The van der Waals surface area contributed by atoms with Gasteiger partial charge in [0.25, 0.3) is 5.91 Å². The number of aryl methyl sites for hydroxylation is 2. The first-order chi connectivity index (χ1) is 12.1. The van der Waals surface area contributed by atoms with Crippen molar-refractivity contribution in [2.75, 3.05) is 32.8 Å². The number of fused-ring (bicyclic) bond motifs is 1. The molecule has 3 aliphatic rings. The Hall–Kier alpha value is -1.95. The Kier molecular flexibility index (Phi) is 4.23. The summed E-state index contributed by atoms with van der Waals surface area (Å²) in [6, 6.07) is 1.99. The molecule has 2 aliphatic heterocycles. The van der Waals surface area contributed by atoms with Crippen molar-refractivity contribution in [2.45, 2.75) is 38.5 Å². The largest absolute Gasteiger partial charge is 0.395 e. The summed E-state index contributed by atoms with van der Waals surface area (Å²) in [6.07, 6.45) is 7.31. The molecule has 25 heavy (non-hydrogen) atoms. The lowest BCUT2D eigenvalue weighted by Crippen LogP contribution is -2.51. The number of hydrogen-bond donors (Lipinski definition) is 1. The third-order valence-electron chi connectivity index (χ3n) is 6.00. The highest BCUT2D eigenvalue weighted by Gasteiger charge is 2.49. The summed E-state index contributed by atoms with van der Waals surface area (Å²) in [4.78, 5) is 33.8. The monoisotopic (exact) mass is 343 g/mol. The Morgan fingerprint density at radius 1 is 1.24 bits per heavy atom.